The molecule has 21 heavy (non-hydrogen) atoms. The van der Waals surface area contributed by atoms with Crippen molar-refractivity contribution in [2.75, 3.05) is 37.5 Å². The summed E-state index contributed by atoms with van der Waals surface area (Å²) < 4.78 is 26.8. The normalized spacial score (nSPS) is 11.9. The maximum atomic E-state index is 12.7. The molecule has 0 fully saturated rings. The van der Waals surface area contributed by atoms with Crippen LogP contribution in [0.15, 0.2) is 17.0 Å². The Kier molecular flexibility index (Phi) is 7.03. The molecule has 0 amide bonds. The fourth-order valence-corrected chi connectivity index (χ4v) is 4.37. The van der Waals surface area contributed by atoms with E-state index in [-0.39, 0.29) is 0 Å². The number of nitrogens with zero attached hydrogens (tertiary/aromatic N) is 1. The van der Waals surface area contributed by atoms with Gasteiger partial charge < -0.3 is 5.32 Å². The standard InChI is InChI=1S/C15H26N2O2S2/c1-6-7-16-14-10-12(2)15(13(3)11-14)21(18,19)17(4)8-9-20-5/h10-11,16H,6-9H2,1-5H3. The van der Waals surface area contributed by atoms with E-state index in [1.54, 1.807) is 18.8 Å². The zero-order chi connectivity index (χ0) is 16.0. The molecular formula is C15H26N2O2S2. The van der Waals surface area contributed by atoms with Crippen LogP contribution in [0.2, 0.25) is 0 Å². The number of rotatable bonds is 8. The number of hydrogen-bond donors (Lipinski definition) is 1. The van der Waals surface area contributed by atoms with Gasteiger partial charge >= 0.3 is 0 Å². The van der Waals surface area contributed by atoms with Crippen molar-refractivity contribution in [2.24, 2.45) is 0 Å². The van der Waals surface area contributed by atoms with Crippen molar-refractivity contribution in [1.82, 2.24) is 4.31 Å². The zero-order valence-corrected chi connectivity index (χ0v) is 15.2. The van der Waals surface area contributed by atoms with Gasteiger partial charge in [-0.25, -0.2) is 12.7 Å². The van der Waals surface area contributed by atoms with Crippen molar-refractivity contribution in [3.05, 3.63) is 23.3 Å². The molecule has 0 aromatic heterocycles. The van der Waals surface area contributed by atoms with Gasteiger partial charge in [-0.3, -0.25) is 0 Å². The van der Waals surface area contributed by atoms with E-state index in [0.717, 1.165) is 35.5 Å². The first-order valence-electron chi connectivity index (χ1n) is 7.15. The third kappa shape index (κ3) is 4.63. The maximum absolute atomic E-state index is 12.7. The van der Waals surface area contributed by atoms with Gasteiger partial charge in [0.1, 0.15) is 0 Å². The second-order valence-electron chi connectivity index (χ2n) is 5.19. The average Bonchev–Trinajstić information content (AvgIpc) is 2.41. The Morgan fingerprint density at radius 3 is 2.29 bits per heavy atom. The predicted molar refractivity (Wildman–Crippen MR) is 92.9 cm³/mol. The highest BCUT2D eigenvalue weighted by Crippen LogP contribution is 2.26. The summed E-state index contributed by atoms with van der Waals surface area (Å²) in [6.07, 6.45) is 3.01. The summed E-state index contributed by atoms with van der Waals surface area (Å²) in [6, 6.07) is 3.83. The number of anilines is 1. The average molecular weight is 331 g/mol. The van der Waals surface area contributed by atoms with Gasteiger partial charge in [-0.1, -0.05) is 6.92 Å². The summed E-state index contributed by atoms with van der Waals surface area (Å²) in [5.41, 5.74) is 2.58. The molecule has 120 valence electrons. The number of aryl methyl sites for hydroxylation is 2. The lowest BCUT2D eigenvalue weighted by Gasteiger charge is -2.20. The van der Waals surface area contributed by atoms with Crippen LogP contribution in [0.1, 0.15) is 24.5 Å². The second kappa shape index (κ2) is 8.06. The molecule has 0 aliphatic carbocycles. The quantitative estimate of drug-likeness (QED) is 0.796. The summed E-state index contributed by atoms with van der Waals surface area (Å²) in [7, 11) is -1.77. The van der Waals surface area contributed by atoms with Crippen molar-refractivity contribution in [1.29, 1.82) is 0 Å². The molecule has 1 rings (SSSR count). The Balaban J connectivity index is 3.12. The van der Waals surface area contributed by atoms with Crippen LogP contribution in [0, 0.1) is 13.8 Å². The topological polar surface area (TPSA) is 49.4 Å². The summed E-state index contributed by atoms with van der Waals surface area (Å²) in [5, 5.41) is 3.31. The van der Waals surface area contributed by atoms with Crippen LogP contribution in [0.4, 0.5) is 5.69 Å². The van der Waals surface area contributed by atoms with Crippen molar-refractivity contribution >= 4 is 27.5 Å². The van der Waals surface area contributed by atoms with Crippen molar-refractivity contribution in [2.45, 2.75) is 32.1 Å². The lowest BCUT2D eigenvalue weighted by atomic mass is 10.1. The molecule has 4 nitrogen and oxygen atoms in total. The molecule has 0 saturated heterocycles. The minimum absolute atomic E-state index is 0.438. The highest BCUT2D eigenvalue weighted by molar-refractivity contribution is 7.98. The van der Waals surface area contributed by atoms with Gasteiger partial charge in [-0.2, -0.15) is 11.8 Å². The van der Waals surface area contributed by atoms with E-state index in [4.69, 9.17) is 0 Å². The molecule has 0 heterocycles. The Bertz CT molecular complexity index is 548. The van der Waals surface area contributed by atoms with Gasteiger partial charge in [0.25, 0.3) is 0 Å². The van der Waals surface area contributed by atoms with Gasteiger partial charge in [0.15, 0.2) is 0 Å². The molecule has 0 radical (unpaired) electrons. The summed E-state index contributed by atoms with van der Waals surface area (Å²) in [6.45, 7) is 7.24. The molecule has 0 spiro atoms. The second-order valence-corrected chi connectivity index (χ2v) is 8.15. The minimum atomic E-state index is -3.42. The molecule has 1 N–H and O–H groups in total. The number of thioether (sulfide) groups is 1. The van der Waals surface area contributed by atoms with Crippen LogP contribution >= 0.6 is 11.8 Å². The first kappa shape index (κ1) is 18.3. The first-order valence-corrected chi connectivity index (χ1v) is 9.98. The summed E-state index contributed by atoms with van der Waals surface area (Å²) in [5.74, 6) is 0.796. The molecule has 0 bridgehead atoms. The SMILES string of the molecule is CCCNc1cc(C)c(S(=O)(=O)N(C)CCSC)c(C)c1. The highest BCUT2D eigenvalue weighted by atomic mass is 32.2. The molecule has 0 aliphatic rings. The smallest absolute Gasteiger partial charge is 0.243 e. The van der Waals surface area contributed by atoms with E-state index in [2.05, 4.69) is 12.2 Å². The van der Waals surface area contributed by atoms with E-state index in [9.17, 15) is 8.42 Å². The van der Waals surface area contributed by atoms with E-state index in [1.807, 2.05) is 32.2 Å². The number of benzene rings is 1. The highest BCUT2D eigenvalue weighted by Gasteiger charge is 2.24. The third-order valence-corrected chi connectivity index (χ3v) is 6.07. The van der Waals surface area contributed by atoms with E-state index < -0.39 is 10.0 Å². The van der Waals surface area contributed by atoms with Crippen LogP contribution in [-0.4, -0.2) is 44.9 Å². The van der Waals surface area contributed by atoms with Crippen molar-refractivity contribution < 1.29 is 8.42 Å². The van der Waals surface area contributed by atoms with Crippen LogP contribution in [0.25, 0.3) is 0 Å². The van der Waals surface area contributed by atoms with E-state index in [1.165, 1.54) is 4.31 Å². The van der Waals surface area contributed by atoms with Crippen LogP contribution in [0.3, 0.4) is 0 Å². The largest absolute Gasteiger partial charge is 0.385 e. The van der Waals surface area contributed by atoms with E-state index in [0.29, 0.717) is 11.4 Å². The molecular weight excluding hydrogens is 304 g/mol. The maximum Gasteiger partial charge on any atom is 0.243 e. The van der Waals surface area contributed by atoms with Crippen molar-refractivity contribution in [3.63, 3.8) is 0 Å². The molecule has 1 aromatic rings. The van der Waals surface area contributed by atoms with Gasteiger partial charge in [-0.05, 0) is 49.8 Å². The lowest BCUT2D eigenvalue weighted by molar-refractivity contribution is 0.487. The van der Waals surface area contributed by atoms with Gasteiger partial charge in [0.2, 0.25) is 10.0 Å². The van der Waals surface area contributed by atoms with Crippen molar-refractivity contribution in [3.8, 4) is 0 Å². The Morgan fingerprint density at radius 2 is 1.81 bits per heavy atom. The molecule has 0 atom stereocenters. The molecule has 0 aliphatic heterocycles. The van der Waals surface area contributed by atoms with Crippen LogP contribution in [0.5, 0.6) is 0 Å². The number of hydrogen-bond acceptors (Lipinski definition) is 4. The Morgan fingerprint density at radius 1 is 1.24 bits per heavy atom. The predicted octanol–water partition coefficient (Wildman–Crippen LogP) is 3.11. The molecule has 6 heteroatoms. The van der Waals surface area contributed by atoms with E-state index >= 15 is 0 Å². The fraction of sp³-hybridized carbons (Fsp3) is 0.600. The lowest BCUT2D eigenvalue weighted by Crippen LogP contribution is -2.30. The molecule has 0 saturated carbocycles. The van der Waals surface area contributed by atoms with Gasteiger partial charge in [0, 0.05) is 31.6 Å². The molecule has 1 aromatic carbocycles. The number of nitrogens with one attached hydrogen (secondary N) is 1. The van der Waals surface area contributed by atoms with Gasteiger partial charge in [-0.15, -0.1) is 0 Å². The summed E-state index contributed by atoms with van der Waals surface area (Å²) in [4.78, 5) is 0.438. The summed E-state index contributed by atoms with van der Waals surface area (Å²) >= 11 is 1.65. The number of sulfonamides is 1. The zero-order valence-electron chi connectivity index (χ0n) is 13.6. The first-order chi connectivity index (χ1) is 9.84. The molecule has 0 unspecified atom stereocenters. The third-order valence-electron chi connectivity index (χ3n) is 3.32. The van der Waals surface area contributed by atoms with Crippen LogP contribution < -0.4 is 5.32 Å². The minimum Gasteiger partial charge on any atom is -0.385 e. The monoisotopic (exact) mass is 330 g/mol. The fourth-order valence-electron chi connectivity index (χ4n) is 2.22. The Labute approximate surface area is 133 Å². The Hall–Kier alpha value is -0.720. The van der Waals surface area contributed by atoms with Crippen LogP contribution in [-0.2, 0) is 10.0 Å². The van der Waals surface area contributed by atoms with Gasteiger partial charge in [0.05, 0.1) is 4.90 Å².